The van der Waals surface area contributed by atoms with Crippen molar-refractivity contribution < 1.29 is 19.0 Å². The van der Waals surface area contributed by atoms with E-state index < -0.39 is 11.7 Å². The van der Waals surface area contributed by atoms with E-state index in [-0.39, 0.29) is 18.2 Å². The minimum absolute atomic E-state index is 0.119. The Labute approximate surface area is 249 Å². The van der Waals surface area contributed by atoms with Crippen LogP contribution < -0.4 is 20.3 Å². The lowest BCUT2D eigenvalue weighted by atomic mass is 10.0. The van der Waals surface area contributed by atoms with Gasteiger partial charge in [0.05, 0.1) is 40.8 Å². The first-order chi connectivity index (χ1) is 19.4. The maximum atomic E-state index is 13.9. The van der Waals surface area contributed by atoms with Gasteiger partial charge in [-0.3, -0.25) is 9.78 Å². The number of hydrogen-bond donors (Lipinski definition) is 1. The van der Waals surface area contributed by atoms with Gasteiger partial charge in [-0.05, 0) is 91.2 Å². The monoisotopic (exact) mass is 623 g/mol. The van der Waals surface area contributed by atoms with Crippen LogP contribution >= 0.6 is 15.9 Å². The van der Waals surface area contributed by atoms with Gasteiger partial charge in [0, 0.05) is 17.6 Å². The van der Waals surface area contributed by atoms with E-state index >= 15 is 0 Å². The van der Waals surface area contributed by atoms with E-state index in [1.807, 2.05) is 70.2 Å². The highest BCUT2D eigenvalue weighted by Gasteiger charge is 2.22. The van der Waals surface area contributed by atoms with Crippen molar-refractivity contribution >= 4 is 43.7 Å². The van der Waals surface area contributed by atoms with Gasteiger partial charge >= 0.3 is 6.09 Å². The number of ether oxygens (including phenoxy) is 3. The van der Waals surface area contributed by atoms with Crippen LogP contribution in [0.1, 0.15) is 52.3 Å². The molecule has 1 atom stereocenters. The van der Waals surface area contributed by atoms with Crippen molar-refractivity contribution in [3.05, 3.63) is 74.7 Å². The molecule has 41 heavy (non-hydrogen) atoms. The lowest BCUT2D eigenvalue weighted by molar-refractivity contribution is 0.0480. The highest BCUT2D eigenvalue weighted by Crippen LogP contribution is 2.34. The number of aromatic nitrogens is 2. The van der Waals surface area contributed by atoms with Crippen LogP contribution in [-0.4, -0.2) is 41.0 Å². The SMILES string of the molecule is COc1ccc(Cn2c(=O)c3c(C)nccc3c3cc(Br)c(OC[C@H](CC(C)C)NC(=O)OC(C)(C)C)cc32)cc1. The molecule has 4 rings (SSSR count). The molecule has 9 heteroatoms. The number of alkyl carbamates (subject to hydrolysis) is 1. The molecule has 2 aromatic heterocycles. The van der Waals surface area contributed by atoms with Crippen LogP contribution in [0, 0.1) is 12.8 Å². The highest BCUT2D eigenvalue weighted by atomic mass is 79.9. The summed E-state index contributed by atoms with van der Waals surface area (Å²) >= 11 is 3.69. The third kappa shape index (κ3) is 7.38. The molecule has 0 aliphatic heterocycles. The largest absolute Gasteiger partial charge is 0.497 e. The maximum absolute atomic E-state index is 13.9. The summed E-state index contributed by atoms with van der Waals surface area (Å²) in [6.07, 6.45) is 1.96. The Bertz CT molecular complexity index is 1610. The van der Waals surface area contributed by atoms with Crippen molar-refractivity contribution in [1.29, 1.82) is 0 Å². The minimum Gasteiger partial charge on any atom is -0.497 e. The van der Waals surface area contributed by atoms with Crippen molar-refractivity contribution in [2.45, 2.75) is 66.2 Å². The molecule has 0 bridgehead atoms. The summed E-state index contributed by atoms with van der Waals surface area (Å²) in [7, 11) is 1.63. The number of amides is 1. The lowest BCUT2D eigenvalue weighted by Gasteiger charge is -2.25. The van der Waals surface area contributed by atoms with Gasteiger partial charge in [-0.15, -0.1) is 0 Å². The Morgan fingerprint density at radius 3 is 2.44 bits per heavy atom. The van der Waals surface area contributed by atoms with Gasteiger partial charge in [-0.1, -0.05) is 26.0 Å². The second-order valence-electron chi connectivity index (χ2n) is 11.6. The topological polar surface area (TPSA) is 91.7 Å². The van der Waals surface area contributed by atoms with Crippen LogP contribution in [0.4, 0.5) is 4.79 Å². The van der Waals surface area contributed by atoms with E-state index in [0.29, 0.717) is 35.7 Å². The van der Waals surface area contributed by atoms with E-state index in [1.165, 1.54) is 0 Å². The van der Waals surface area contributed by atoms with Gasteiger partial charge in [0.1, 0.15) is 23.7 Å². The molecule has 0 saturated heterocycles. The number of fused-ring (bicyclic) bond motifs is 3. The van der Waals surface area contributed by atoms with Crippen LogP contribution in [0.5, 0.6) is 11.5 Å². The van der Waals surface area contributed by atoms with Crippen molar-refractivity contribution in [2.75, 3.05) is 13.7 Å². The summed E-state index contributed by atoms with van der Waals surface area (Å²) in [4.78, 5) is 30.8. The number of aryl methyl sites for hydroxylation is 1. The second-order valence-corrected chi connectivity index (χ2v) is 12.5. The minimum atomic E-state index is -0.598. The van der Waals surface area contributed by atoms with Gasteiger partial charge in [-0.25, -0.2) is 4.79 Å². The molecule has 1 amide bonds. The standard InChI is InChI=1S/C32H38BrN3O5/c1-19(2)14-22(35-31(38)41-32(4,5)6)18-40-28-16-27-25(15-26(28)33)24-12-13-34-20(3)29(24)30(37)36(27)17-21-8-10-23(39-7)11-9-21/h8-13,15-16,19,22H,14,17-18H2,1-7H3,(H,35,38)/t22-/m0/s1. The third-order valence-corrected chi connectivity index (χ3v) is 7.27. The van der Waals surface area contributed by atoms with E-state index in [4.69, 9.17) is 14.2 Å². The Morgan fingerprint density at radius 1 is 1.10 bits per heavy atom. The molecule has 0 radical (unpaired) electrons. The average molecular weight is 625 g/mol. The fourth-order valence-electron chi connectivity index (χ4n) is 4.87. The summed E-state index contributed by atoms with van der Waals surface area (Å²) < 4.78 is 19.6. The van der Waals surface area contributed by atoms with Gasteiger partial charge in [0.2, 0.25) is 0 Å². The number of carbonyl (C=O) groups excluding carboxylic acids is 1. The van der Waals surface area contributed by atoms with E-state index in [2.05, 4.69) is 40.1 Å². The lowest BCUT2D eigenvalue weighted by Crippen LogP contribution is -2.42. The quantitative estimate of drug-likeness (QED) is 0.202. The fraction of sp³-hybridized carbons (Fsp3) is 0.406. The number of rotatable bonds is 9. The highest BCUT2D eigenvalue weighted by molar-refractivity contribution is 9.10. The third-order valence-electron chi connectivity index (χ3n) is 6.65. The normalized spacial score (nSPS) is 12.5. The molecule has 0 aliphatic carbocycles. The predicted molar refractivity (Wildman–Crippen MR) is 166 cm³/mol. The smallest absolute Gasteiger partial charge is 0.407 e. The molecule has 2 aromatic carbocycles. The average Bonchev–Trinajstić information content (AvgIpc) is 2.89. The van der Waals surface area contributed by atoms with Crippen LogP contribution in [0.25, 0.3) is 21.7 Å². The van der Waals surface area contributed by atoms with Crippen LogP contribution in [-0.2, 0) is 11.3 Å². The maximum Gasteiger partial charge on any atom is 0.407 e. The molecule has 0 fully saturated rings. The molecule has 0 aliphatic rings. The molecular formula is C32H38BrN3O5. The summed E-state index contributed by atoms with van der Waals surface area (Å²) in [5, 5.41) is 5.28. The predicted octanol–water partition coefficient (Wildman–Crippen LogP) is 7.00. The Balaban J connectivity index is 1.75. The van der Waals surface area contributed by atoms with E-state index in [1.54, 1.807) is 17.9 Å². The fourth-order valence-corrected chi connectivity index (χ4v) is 5.33. The molecule has 1 N–H and O–H groups in total. The Hall–Kier alpha value is -3.59. The molecule has 0 spiro atoms. The van der Waals surface area contributed by atoms with Gasteiger partial charge in [0.15, 0.2) is 0 Å². The molecule has 0 unspecified atom stereocenters. The number of halogens is 1. The number of benzene rings is 2. The molecule has 0 saturated carbocycles. The first-order valence-corrected chi connectivity index (χ1v) is 14.5. The zero-order chi connectivity index (χ0) is 29.9. The van der Waals surface area contributed by atoms with Gasteiger partial charge in [0.25, 0.3) is 5.56 Å². The first kappa shape index (κ1) is 30.4. The Morgan fingerprint density at radius 2 is 1.80 bits per heavy atom. The number of carbonyl (C=O) groups is 1. The number of nitrogens with one attached hydrogen (secondary N) is 1. The van der Waals surface area contributed by atoms with E-state index in [9.17, 15) is 9.59 Å². The van der Waals surface area contributed by atoms with Gasteiger partial charge in [-0.2, -0.15) is 0 Å². The number of nitrogens with zero attached hydrogens (tertiary/aromatic N) is 2. The summed E-state index contributed by atoms with van der Waals surface area (Å²) in [5.41, 5.74) is 1.66. The molecule has 218 valence electrons. The molecule has 2 heterocycles. The van der Waals surface area contributed by atoms with Crippen molar-refractivity contribution in [2.24, 2.45) is 5.92 Å². The van der Waals surface area contributed by atoms with Crippen molar-refractivity contribution in [3.63, 3.8) is 0 Å². The van der Waals surface area contributed by atoms with Crippen molar-refractivity contribution in [3.8, 4) is 11.5 Å². The zero-order valence-corrected chi connectivity index (χ0v) is 26.3. The number of pyridine rings is 2. The van der Waals surface area contributed by atoms with Crippen molar-refractivity contribution in [1.82, 2.24) is 14.9 Å². The molecule has 4 aromatic rings. The summed E-state index contributed by atoms with van der Waals surface area (Å²) in [6, 6.07) is 13.1. The van der Waals surface area contributed by atoms with Crippen LogP contribution in [0.3, 0.4) is 0 Å². The first-order valence-electron chi connectivity index (χ1n) is 13.7. The van der Waals surface area contributed by atoms with Crippen LogP contribution in [0.15, 0.2) is 57.9 Å². The van der Waals surface area contributed by atoms with E-state index in [0.717, 1.165) is 32.1 Å². The molecular weight excluding hydrogens is 586 g/mol. The molecule has 8 nitrogen and oxygen atoms in total. The Kier molecular flexibility index (Phi) is 9.27. The second kappa shape index (κ2) is 12.5. The summed E-state index contributed by atoms with van der Waals surface area (Å²) in [5.74, 6) is 1.65. The van der Waals surface area contributed by atoms with Gasteiger partial charge < -0.3 is 24.1 Å². The summed E-state index contributed by atoms with van der Waals surface area (Å²) in [6.45, 7) is 12.1. The van der Waals surface area contributed by atoms with Crippen LogP contribution in [0.2, 0.25) is 0 Å². The number of hydrogen-bond acceptors (Lipinski definition) is 6. The number of methoxy groups -OCH3 is 1. The zero-order valence-electron chi connectivity index (χ0n) is 24.7.